The molecular weight excluding hydrogens is 431 g/mol. The minimum atomic E-state index is -4.51. The minimum Gasteiger partial charge on any atom is -0.377 e. The highest BCUT2D eigenvalue weighted by Gasteiger charge is 2.31. The van der Waals surface area contributed by atoms with Gasteiger partial charge >= 0.3 is 6.18 Å². The van der Waals surface area contributed by atoms with Crippen molar-refractivity contribution in [3.63, 3.8) is 0 Å². The summed E-state index contributed by atoms with van der Waals surface area (Å²) in [6.07, 6.45) is -4.51. The number of morpholine rings is 1. The zero-order chi connectivity index (χ0) is 23.6. The van der Waals surface area contributed by atoms with E-state index in [0.717, 1.165) is 41.3 Å². The summed E-state index contributed by atoms with van der Waals surface area (Å²) in [5.41, 5.74) is 2.10. The number of ether oxygens (including phenoxy) is 1. The van der Waals surface area contributed by atoms with Crippen LogP contribution in [0.1, 0.15) is 28.4 Å². The van der Waals surface area contributed by atoms with Gasteiger partial charge in [0.25, 0.3) is 5.91 Å². The van der Waals surface area contributed by atoms with Gasteiger partial charge in [0, 0.05) is 23.4 Å². The number of rotatable bonds is 4. The molecule has 1 amide bonds. The van der Waals surface area contributed by atoms with Crippen molar-refractivity contribution in [3.05, 3.63) is 77.4 Å². The molecule has 33 heavy (non-hydrogen) atoms. The standard InChI is InChI=1S/C25H24F3N3O2/c1-16-9-10-20(29-24(32)18-5-3-6-19(13-18)25(26,27)28)14-21(16)22-7-4-8-23(30-22)31-11-12-33-15-17(31)2/h3-10,13-14,17H,11-12,15H2,1-2H3,(H,29,32). The van der Waals surface area contributed by atoms with E-state index in [1.807, 2.05) is 31.2 Å². The number of carbonyl (C=O) groups is 1. The first kappa shape index (κ1) is 22.8. The van der Waals surface area contributed by atoms with Crippen molar-refractivity contribution < 1.29 is 22.7 Å². The molecule has 0 radical (unpaired) electrons. The smallest absolute Gasteiger partial charge is 0.377 e. The Morgan fingerprint density at radius 2 is 1.91 bits per heavy atom. The molecular formula is C25H24F3N3O2. The van der Waals surface area contributed by atoms with Crippen molar-refractivity contribution in [1.82, 2.24) is 4.98 Å². The number of anilines is 2. The molecule has 0 bridgehead atoms. The maximum Gasteiger partial charge on any atom is 0.416 e. The second kappa shape index (κ2) is 9.23. The van der Waals surface area contributed by atoms with Gasteiger partial charge in [-0.3, -0.25) is 4.79 Å². The Kier molecular flexibility index (Phi) is 6.37. The van der Waals surface area contributed by atoms with Gasteiger partial charge in [0.2, 0.25) is 0 Å². The minimum absolute atomic E-state index is 0.0617. The van der Waals surface area contributed by atoms with Crippen LogP contribution in [-0.4, -0.2) is 36.7 Å². The lowest BCUT2D eigenvalue weighted by Crippen LogP contribution is -2.44. The van der Waals surface area contributed by atoms with Gasteiger partial charge in [-0.15, -0.1) is 0 Å². The van der Waals surface area contributed by atoms with Gasteiger partial charge in [0.05, 0.1) is 30.5 Å². The summed E-state index contributed by atoms with van der Waals surface area (Å²) >= 11 is 0. The summed E-state index contributed by atoms with van der Waals surface area (Å²) in [5, 5.41) is 2.70. The van der Waals surface area contributed by atoms with E-state index in [0.29, 0.717) is 18.9 Å². The van der Waals surface area contributed by atoms with Crippen LogP contribution in [0, 0.1) is 6.92 Å². The zero-order valence-electron chi connectivity index (χ0n) is 18.3. The molecule has 1 N–H and O–H groups in total. The van der Waals surface area contributed by atoms with Crippen LogP contribution in [0.15, 0.2) is 60.7 Å². The molecule has 8 heteroatoms. The van der Waals surface area contributed by atoms with Crippen LogP contribution < -0.4 is 10.2 Å². The van der Waals surface area contributed by atoms with Gasteiger partial charge < -0.3 is 15.0 Å². The van der Waals surface area contributed by atoms with Crippen LogP contribution in [0.4, 0.5) is 24.7 Å². The fourth-order valence-electron chi connectivity index (χ4n) is 3.82. The largest absolute Gasteiger partial charge is 0.416 e. The highest BCUT2D eigenvalue weighted by Crippen LogP contribution is 2.31. The maximum atomic E-state index is 13.0. The van der Waals surface area contributed by atoms with Crippen LogP contribution in [0.3, 0.4) is 0 Å². The van der Waals surface area contributed by atoms with Crippen molar-refractivity contribution in [2.24, 2.45) is 0 Å². The molecule has 2 heterocycles. The predicted molar refractivity (Wildman–Crippen MR) is 121 cm³/mol. The number of halogens is 3. The van der Waals surface area contributed by atoms with Crippen molar-refractivity contribution in [2.75, 3.05) is 30.0 Å². The number of carbonyl (C=O) groups excluding carboxylic acids is 1. The first-order chi connectivity index (χ1) is 15.7. The van der Waals surface area contributed by atoms with E-state index >= 15 is 0 Å². The van der Waals surface area contributed by atoms with E-state index in [4.69, 9.17) is 9.72 Å². The molecule has 1 fully saturated rings. The quantitative estimate of drug-likeness (QED) is 0.560. The number of hydrogen-bond acceptors (Lipinski definition) is 4. The molecule has 1 unspecified atom stereocenters. The Labute approximate surface area is 190 Å². The van der Waals surface area contributed by atoms with E-state index in [9.17, 15) is 18.0 Å². The average Bonchev–Trinajstić information content (AvgIpc) is 2.80. The molecule has 1 aliphatic heterocycles. The van der Waals surface area contributed by atoms with Crippen LogP contribution in [-0.2, 0) is 10.9 Å². The lowest BCUT2D eigenvalue weighted by Gasteiger charge is -2.34. The van der Waals surface area contributed by atoms with E-state index in [1.54, 1.807) is 12.1 Å². The molecule has 5 nitrogen and oxygen atoms in total. The van der Waals surface area contributed by atoms with Crippen LogP contribution in [0.2, 0.25) is 0 Å². The lowest BCUT2D eigenvalue weighted by atomic mass is 10.0. The topological polar surface area (TPSA) is 54.5 Å². The number of benzene rings is 2. The van der Waals surface area contributed by atoms with Gasteiger partial charge in [-0.05, 0) is 61.9 Å². The first-order valence-electron chi connectivity index (χ1n) is 10.6. The number of pyridine rings is 1. The molecule has 172 valence electrons. The van der Waals surface area contributed by atoms with E-state index in [2.05, 4.69) is 17.1 Å². The third kappa shape index (κ3) is 5.17. The highest BCUT2D eigenvalue weighted by molar-refractivity contribution is 6.04. The summed E-state index contributed by atoms with van der Waals surface area (Å²) in [6, 6.07) is 15.7. The Morgan fingerprint density at radius 3 is 2.67 bits per heavy atom. The van der Waals surface area contributed by atoms with Gasteiger partial charge in [0.15, 0.2) is 0 Å². The average molecular weight is 455 g/mol. The first-order valence-corrected chi connectivity index (χ1v) is 10.6. The molecule has 1 aliphatic rings. The fourth-order valence-corrected chi connectivity index (χ4v) is 3.82. The van der Waals surface area contributed by atoms with Gasteiger partial charge in [-0.25, -0.2) is 4.98 Å². The summed E-state index contributed by atoms with van der Waals surface area (Å²) in [6.45, 7) is 6.07. The number of nitrogens with one attached hydrogen (secondary N) is 1. The number of aryl methyl sites for hydroxylation is 1. The second-order valence-corrected chi connectivity index (χ2v) is 8.06. The third-order valence-corrected chi connectivity index (χ3v) is 5.62. The van der Waals surface area contributed by atoms with Crippen LogP contribution in [0.5, 0.6) is 0 Å². The molecule has 0 aliphatic carbocycles. The number of hydrogen-bond donors (Lipinski definition) is 1. The Balaban J connectivity index is 1.59. The molecule has 0 spiro atoms. The Bertz CT molecular complexity index is 1160. The Morgan fingerprint density at radius 1 is 1.12 bits per heavy atom. The predicted octanol–water partition coefficient (Wildman–Crippen LogP) is 5.55. The number of amides is 1. The maximum absolute atomic E-state index is 13.0. The second-order valence-electron chi connectivity index (χ2n) is 8.06. The number of aromatic nitrogens is 1. The number of nitrogens with zero attached hydrogens (tertiary/aromatic N) is 2. The molecule has 1 aromatic heterocycles. The molecule has 1 saturated heterocycles. The molecule has 3 aromatic rings. The van der Waals surface area contributed by atoms with Crippen LogP contribution >= 0.6 is 0 Å². The van der Waals surface area contributed by atoms with Gasteiger partial charge in [-0.2, -0.15) is 13.2 Å². The van der Waals surface area contributed by atoms with Crippen molar-refractivity contribution in [1.29, 1.82) is 0 Å². The summed E-state index contributed by atoms with van der Waals surface area (Å²) in [5.74, 6) is 0.237. The normalized spacial score (nSPS) is 16.5. The van der Waals surface area contributed by atoms with Crippen LogP contribution in [0.25, 0.3) is 11.3 Å². The third-order valence-electron chi connectivity index (χ3n) is 5.62. The number of alkyl halides is 3. The van der Waals surface area contributed by atoms with E-state index in [-0.39, 0.29) is 11.6 Å². The van der Waals surface area contributed by atoms with Gasteiger partial charge in [0.1, 0.15) is 5.82 Å². The fraction of sp³-hybridized carbons (Fsp3) is 0.280. The summed E-state index contributed by atoms with van der Waals surface area (Å²) in [7, 11) is 0. The molecule has 4 rings (SSSR count). The van der Waals surface area contributed by atoms with Crippen molar-refractivity contribution in [3.8, 4) is 11.3 Å². The zero-order valence-corrected chi connectivity index (χ0v) is 18.3. The highest BCUT2D eigenvalue weighted by atomic mass is 19.4. The van der Waals surface area contributed by atoms with Gasteiger partial charge in [-0.1, -0.05) is 18.2 Å². The SMILES string of the molecule is Cc1ccc(NC(=O)c2cccc(C(F)(F)F)c2)cc1-c1cccc(N2CCOCC2C)n1. The monoisotopic (exact) mass is 455 g/mol. The summed E-state index contributed by atoms with van der Waals surface area (Å²) in [4.78, 5) is 19.6. The van der Waals surface area contributed by atoms with E-state index in [1.165, 1.54) is 12.1 Å². The summed E-state index contributed by atoms with van der Waals surface area (Å²) < 4.78 is 44.5. The Hall–Kier alpha value is -3.39. The van der Waals surface area contributed by atoms with Crippen molar-refractivity contribution in [2.45, 2.75) is 26.1 Å². The molecule has 2 aromatic carbocycles. The van der Waals surface area contributed by atoms with E-state index < -0.39 is 17.6 Å². The lowest BCUT2D eigenvalue weighted by molar-refractivity contribution is -0.137. The molecule has 1 atom stereocenters. The molecule has 0 saturated carbocycles. The van der Waals surface area contributed by atoms with Crippen molar-refractivity contribution >= 4 is 17.4 Å².